The smallest absolute Gasteiger partial charge is 0.342 e. The van der Waals surface area contributed by atoms with Crippen LogP contribution < -0.4 is 11.2 Å². The number of hydrogen-bond donors (Lipinski definition) is 6. The first-order valence-corrected chi connectivity index (χ1v) is 7.28. The van der Waals surface area contributed by atoms with Gasteiger partial charge in [0.1, 0.15) is 0 Å². The van der Waals surface area contributed by atoms with Gasteiger partial charge in [0.15, 0.2) is 10.5 Å². The Balaban J connectivity index is 0. The molecule has 7 N–H and O–H groups in total. The summed E-state index contributed by atoms with van der Waals surface area (Å²) in [5, 5.41) is 0. The lowest BCUT2D eigenvalue weighted by Crippen LogP contribution is -2.21. The maximum atomic E-state index is 9.87. The molecule has 0 aromatic carbocycles. The van der Waals surface area contributed by atoms with Gasteiger partial charge in [0, 0.05) is 13.1 Å². The van der Waals surface area contributed by atoms with Gasteiger partial charge in [-0.3, -0.25) is 0 Å². The fraction of sp³-hybridized carbons (Fsp3) is 1.00. The van der Waals surface area contributed by atoms with Crippen molar-refractivity contribution in [3.05, 3.63) is 0 Å². The van der Waals surface area contributed by atoms with Crippen LogP contribution in [0.4, 0.5) is 0 Å². The van der Waals surface area contributed by atoms with Gasteiger partial charge in [-0.25, -0.2) is 9.13 Å². The van der Waals surface area contributed by atoms with Crippen LogP contribution in [0.5, 0.6) is 0 Å². The Morgan fingerprint density at radius 2 is 1.60 bits per heavy atom. The predicted octanol–water partition coefficient (Wildman–Crippen LogP) is -3.06. The molecule has 0 saturated heterocycles. The third kappa shape index (κ3) is 25.0. The minimum absolute atomic E-state index is 0.0849. The molecule has 0 radical (unpaired) electrons. The Kier molecular flexibility index (Phi) is 10.1. The Hall–Kier alpha value is 0.357. The van der Waals surface area contributed by atoms with E-state index in [4.69, 9.17) is 25.3 Å². The summed E-state index contributed by atoms with van der Waals surface area (Å²) in [6.07, 6.45) is 0. The standard InChI is InChI=1S/C2H9N2O4P.H5O4PSi/c3-1-2-4-8-9(5,6)7;1-5(2,3)4-6/h4H,1-3H2,(H2,5,6,7);6H3,(H2,1,2,3). The Morgan fingerprint density at radius 1 is 1.20 bits per heavy atom. The van der Waals surface area contributed by atoms with Gasteiger partial charge < -0.3 is 29.5 Å². The van der Waals surface area contributed by atoms with Gasteiger partial charge in [-0.15, -0.1) is 0 Å². The van der Waals surface area contributed by atoms with Crippen LogP contribution in [0.2, 0.25) is 0 Å². The van der Waals surface area contributed by atoms with E-state index in [9.17, 15) is 9.13 Å². The second-order valence-corrected chi connectivity index (χ2v) is 5.54. The molecule has 0 aromatic rings. The van der Waals surface area contributed by atoms with Gasteiger partial charge in [0.25, 0.3) is 0 Å². The van der Waals surface area contributed by atoms with Crippen molar-refractivity contribution in [3.63, 3.8) is 0 Å². The third-order valence-electron chi connectivity index (χ3n) is 0.668. The highest BCUT2D eigenvalue weighted by molar-refractivity contribution is 7.47. The number of hydrogen-bond acceptors (Lipinski definition) is 6. The van der Waals surface area contributed by atoms with Crippen molar-refractivity contribution in [2.24, 2.45) is 5.73 Å². The van der Waals surface area contributed by atoms with Gasteiger partial charge in [-0.2, -0.15) is 10.1 Å². The zero-order valence-corrected chi connectivity index (χ0v) is 11.6. The van der Waals surface area contributed by atoms with Gasteiger partial charge in [0.05, 0.1) is 0 Å². The minimum Gasteiger partial charge on any atom is -0.342 e. The predicted molar refractivity (Wildman–Crippen MR) is 53.3 cm³/mol. The van der Waals surface area contributed by atoms with Crippen molar-refractivity contribution in [2.45, 2.75) is 0 Å². The normalized spacial score (nSPS) is 12.1. The van der Waals surface area contributed by atoms with Gasteiger partial charge in [-0.1, -0.05) is 0 Å². The SMILES string of the molecule is NCCNOP(=O)(O)O.O=P(O)(O)O[SiH3]. The average molecular weight is 284 g/mol. The Morgan fingerprint density at radius 3 is 1.80 bits per heavy atom. The first-order chi connectivity index (χ1) is 6.62. The van der Waals surface area contributed by atoms with Crippen LogP contribution >= 0.6 is 15.6 Å². The molecule has 0 amide bonds. The molecule has 10 nitrogen and oxygen atoms in total. The molecule has 0 atom stereocenters. The molecule has 0 heterocycles. The van der Waals surface area contributed by atoms with E-state index in [-0.39, 0.29) is 23.6 Å². The van der Waals surface area contributed by atoms with Crippen LogP contribution in [0.15, 0.2) is 0 Å². The number of rotatable bonds is 5. The van der Waals surface area contributed by atoms with E-state index in [1.807, 2.05) is 5.48 Å². The molecule has 0 bridgehead atoms. The zero-order valence-electron chi connectivity index (χ0n) is 7.81. The first-order valence-electron chi connectivity index (χ1n) is 3.40. The second kappa shape index (κ2) is 8.50. The summed E-state index contributed by atoms with van der Waals surface area (Å²) >= 11 is 0. The van der Waals surface area contributed by atoms with E-state index >= 15 is 0 Å². The van der Waals surface area contributed by atoms with Crippen molar-refractivity contribution in [2.75, 3.05) is 13.1 Å². The summed E-state index contributed by atoms with van der Waals surface area (Å²) in [7, 11) is -8.36. The van der Waals surface area contributed by atoms with Crippen molar-refractivity contribution >= 4 is 26.1 Å². The number of nitrogens with two attached hydrogens (primary N) is 1. The first kappa shape index (κ1) is 17.7. The number of hydroxylamine groups is 1. The number of nitrogens with one attached hydrogen (secondary N) is 1. The van der Waals surface area contributed by atoms with Crippen molar-refractivity contribution in [3.8, 4) is 0 Å². The van der Waals surface area contributed by atoms with E-state index in [1.54, 1.807) is 0 Å². The molecular weight excluding hydrogens is 270 g/mol. The maximum Gasteiger partial charge on any atom is 0.486 e. The molecule has 0 rings (SSSR count). The molecule has 0 saturated carbocycles. The molecule has 94 valence electrons. The van der Waals surface area contributed by atoms with E-state index in [1.165, 1.54) is 0 Å². The average Bonchev–Trinajstić information content (AvgIpc) is 2.02. The van der Waals surface area contributed by atoms with Crippen molar-refractivity contribution in [1.29, 1.82) is 0 Å². The molecular formula is C2H14N2O8P2Si. The molecule has 15 heavy (non-hydrogen) atoms. The maximum absolute atomic E-state index is 9.87. The molecule has 0 aromatic heterocycles. The monoisotopic (exact) mass is 284 g/mol. The van der Waals surface area contributed by atoms with Gasteiger partial charge >= 0.3 is 15.6 Å². The largest absolute Gasteiger partial charge is 0.486 e. The van der Waals surface area contributed by atoms with Crippen LogP contribution in [-0.4, -0.2) is 43.1 Å². The highest BCUT2D eigenvalue weighted by Crippen LogP contribution is 2.33. The molecule has 0 aliphatic heterocycles. The highest BCUT2D eigenvalue weighted by atomic mass is 31.2. The summed E-state index contributed by atoms with van der Waals surface area (Å²) in [6, 6.07) is 0. The Labute approximate surface area is 88.8 Å². The summed E-state index contributed by atoms with van der Waals surface area (Å²) in [4.78, 5) is 31.6. The zero-order chi connectivity index (χ0) is 12.5. The van der Waals surface area contributed by atoms with Crippen molar-refractivity contribution < 1.29 is 37.5 Å². The molecule has 0 unspecified atom stereocenters. The van der Waals surface area contributed by atoms with Crippen LogP contribution in [0.1, 0.15) is 0 Å². The molecule has 0 spiro atoms. The van der Waals surface area contributed by atoms with Crippen LogP contribution in [0.3, 0.4) is 0 Å². The summed E-state index contributed by atoms with van der Waals surface area (Å²) in [5.74, 6) is 0. The molecule has 0 aliphatic carbocycles. The molecule has 0 aliphatic rings. The highest BCUT2D eigenvalue weighted by Gasteiger charge is 2.12. The summed E-state index contributed by atoms with van der Waals surface area (Å²) in [6.45, 7) is 0.477. The van der Waals surface area contributed by atoms with Crippen molar-refractivity contribution in [1.82, 2.24) is 5.48 Å². The Bertz CT molecular complexity index is 237. The fourth-order valence-corrected chi connectivity index (χ4v) is 0.448. The van der Waals surface area contributed by atoms with E-state index in [0.717, 1.165) is 0 Å². The minimum atomic E-state index is -4.36. The van der Waals surface area contributed by atoms with E-state index in [2.05, 4.69) is 8.84 Å². The van der Waals surface area contributed by atoms with E-state index in [0.29, 0.717) is 0 Å². The number of phosphoric acid groups is 2. The third-order valence-corrected chi connectivity index (χ3v) is 2.94. The topological polar surface area (TPSA) is 172 Å². The quantitative estimate of drug-likeness (QED) is 0.132. The summed E-state index contributed by atoms with van der Waals surface area (Å²) < 4.78 is 26.9. The van der Waals surface area contributed by atoms with Gasteiger partial charge in [0.2, 0.25) is 0 Å². The fourth-order valence-electron chi connectivity index (χ4n) is 0.189. The lowest BCUT2D eigenvalue weighted by molar-refractivity contribution is 0.127. The van der Waals surface area contributed by atoms with Crippen LogP contribution in [0.25, 0.3) is 0 Å². The lowest BCUT2D eigenvalue weighted by atomic mass is 10.7. The van der Waals surface area contributed by atoms with Crippen LogP contribution in [-0.2, 0) is 18.0 Å². The summed E-state index contributed by atoms with van der Waals surface area (Å²) in [5.41, 5.74) is 6.95. The molecule has 13 heteroatoms. The van der Waals surface area contributed by atoms with E-state index < -0.39 is 15.6 Å². The van der Waals surface area contributed by atoms with Crippen LogP contribution in [0, 0.1) is 0 Å². The molecule has 0 fully saturated rings. The lowest BCUT2D eigenvalue weighted by Gasteiger charge is -2.03. The van der Waals surface area contributed by atoms with Gasteiger partial charge in [-0.05, 0) is 0 Å². The second-order valence-electron chi connectivity index (χ2n) is 1.94.